The molecule has 22 heavy (non-hydrogen) atoms. The fraction of sp³-hybridized carbons (Fsp3) is 0.611. The summed E-state index contributed by atoms with van der Waals surface area (Å²) >= 11 is 0. The summed E-state index contributed by atoms with van der Waals surface area (Å²) in [6.45, 7) is 6.68. The maximum atomic E-state index is 12.2. The van der Waals surface area contributed by atoms with Crippen LogP contribution in [-0.4, -0.2) is 44.2 Å². The van der Waals surface area contributed by atoms with Gasteiger partial charge in [0, 0.05) is 26.8 Å². The number of nitrogens with zero attached hydrogens (tertiary/aromatic N) is 1. The Bertz CT molecular complexity index is 495. The van der Waals surface area contributed by atoms with E-state index in [2.05, 4.69) is 0 Å². The molecule has 0 saturated carbocycles. The van der Waals surface area contributed by atoms with Gasteiger partial charge in [0.05, 0.1) is 0 Å². The second kappa shape index (κ2) is 8.18. The Balaban J connectivity index is 1.75. The monoisotopic (exact) mass is 305 g/mol. The van der Waals surface area contributed by atoms with Crippen LogP contribution >= 0.6 is 0 Å². The predicted molar refractivity (Wildman–Crippen MR) is 87.2 cm³/mol. The lowest BCUT2D eigenvalue weighted by Gasteiger charge is -2.25. The number of amides is 1. The molecule has 0 radical (unpaired) electrons. The Morgan fingerprint density at radius 1 is 1.32 bits per heavy atom. The van der Waals surface area contributed by atoms with E-state index in [1.54, 1.807) is 4.90 Å². The highest BCUT2D eigenvalue weighted by Crippen LogP contribution is 2.21. The van der Waals surface area contributed by atoms with Gasteiger partial charge in [-0.25, -0.2) is 0 Å². The van der Waals surface area contributed by atoms with Gasteiger partial charge in [0.2, 0.25) is 0 Å². The van der Waals surface area contributed by atoms with Crippen molar-refractivity contribution in [2.75, 3.05) is 33.4 Å². The summed E-state index contributed by atoms with van der Waals surface area (Å²) in [5.41, 5.74) is 2.28. The number of rotatable bonds is 6. The lowest BCUT2D eigenvalue weighted by Crippen LogP contribution is -2.33. The third kappa shape index (κ3) is 4.73. The van der Waals surface area contributed by atoms with Crippen molar-refractivity contribution in [3.63, 3.8) is 0 Å². The summed E-state index contributed by atoms with van der Waals surface area (Å²) in [6.07, 6.45) is 3.27. The summed E-state index contributed by atoms with van der Waals surface area (Å²) in [5.74, 6) is 1.52. The number of likely N-dealkylation sites (N-methyl/N-ethyl adjacent to an activating group) is 1. The van der Waals surface area contributed by atoms with Crippen molar-refractivity contribution < 1.29 is 14.3 Å². The van der Waals surface area contributed by atoms with Crippen LogP contribution in [0.1, 0.15) is 30.4 Å². The van der Waals surface area contributed by atoms with Crippen molar-refractivity contribution in [2.45, 2.75) is 33.1 Å². The number of ether oxygens (including phenoxy) is 2. The standard InChI is InChI=1S/C18H27NO3/c1-14-5-4-6-17(15(14)2)22-13-18(20)19(3)10-7-16-8-11-21-12-9-16/h4-6,16H,7-13H2,1-3H3. The number of hydrogen-bond donors (Lipinski definition) is 0. The van der Waals surface area contributed by atoms with Gasteiger partial charge in [-0.05, 0) is 56.2 Å². The van der Waals surface area contributed by atoms with Crippen LogP contribution in [-0.2, 0) is 9.53 Å². The Morgan fingerprint density at radius 3 is 2.77 bits per heavy atom. The van der Waals surface area contributed by atoms with E-state index >= 15 is 0 Å². The van der Waals surface area contributed by atoms with Crippen LogP contribution in [0.4, 0.5) is 0 Å². The van der Waals surface area contributed by atoms with Gasteiger partial charge >= 0.3 is 0 Å². The van der Waals surface area contributed by atoms with E-state index < -0.39 is 0 Å². The number of benzene rings is 1. The zero-order valence-electron chi connectivity index (χ0n) is 13.9. The zero-order chi connectivity index (χ0) is 15.9. The second-order valence-corrected chi connectivity index (χ2v) is 6.15. The van der Waals surface area contributed by atoms with Crippen LogP contribution in [0.25, 0.3) is 0 Å². The number of carbonyl (C=O) groups excluding carboxylic acids is 1. The van der Waals surface area contributed by atoms with Crippen molar-refractivity contribution in [3.05, 3.63) is 29.3 Å². The fourth-order valence-electron chi connectivity index (χ4n) is 2.67. The topological polar surface area (TPSA) is 38.8 Å². The van der Waals surface area contributed by atoms with E-state index in [0.29, 0.717) is 5.92 Å². The lowest BCUT2D eigenvalue weighted by atomic mass is 9.96. The molecule has 1 aliphatic heterocycles. The van der Waals surface area contributed by atoms with Gasteiger partial charge in [0.15, 0.2) is 6.61 Å². The van der Waals surface area contributed by atoms with E-state index in [0.717, 1.165) is 50.3 Å². The minimum absolute atomic E-state index is 0.0352. The molecule has 4 nitrogen and oxygen atoms in total. The van der Waals surface area contributed by atoms with Crippen LogP contribution < -0.4 is 4.74 Å². The van der Waals surface area contributed by atoms with Gasteiger partial charge in [-0.2, -0.15) is 0 Å². The summed E-state index contributed by atoms with van der Waals surface area (Å²) in [6, 6.07) is 5.92. The average molecular weight is 305 g/mol. The third-order valence-electron chi connectivity index (χ3n) is 4.55. The van der Waals surface area contributed by atoms with Gasteiger partial charge in [-0.1, -0.05) is 12.1 Å². The molecule has 0 unspecified atom stereocenters. The van der Waals surface area contributed by atoms with Crippen LogP contribution in [0, 0.1) is 19.8 Å². The SMILES string of the molecule is Cc1cccc(OCC(=O)N(C)CCC2CCOCC2)c1C. The summed E-state index contributed by atoms with van der Waals surface area (Å²) in [4.78, 5) is 13.9. The molecular weight excluding hydrogens is 278 g/mol. The van der Waals surface area contributed by atoms with Gasteiger partial charge < -0.3 is 14.4 Å². The fourth-order valence-corrected chi connectivity index (χ4v) is 2.67. The second-order valence-electron chi connectivity index (χ2n) is 6.15. The van der Waals surface area contributed by atoms with Crippen LogP contribution in [0.5, 0.6) is 5.75 Å². The van der Waals surface area contributed by atoms with Crippen molar-refractivity contribution in [1.82, 2.24) is 4.90 Å². The molecule has 1 aromatic carbocycles. The first-order chi connectivity index (χ1) is 10.6. The first-order valence-corrected chi connectivity index (χ1v) is 8.08. The molecule has 2 rings (SSSR count). The Kier molecular flexibility index (Phi) is 6.25. The maximum absolute atomic E-state index is 12.2. The van der Waals surface area contributed by atoms with Crippen LogP contribution in [0.2, 0.25) is 0 Å². The summed E-state index contributed by atoms with van der Waals surface area (Å²) in [5, 5.41) is 0. The van der Waals surface area contributed by atoms with Crippen molar-refractivity contribution >= 4 is 5.91 Å². The average Bonchev–Trinajstić information content (AvgIpc) is 2.54. The number of aryl methyl sites for hydroxylation is 1. The minimum Gasteiger partial charge on any atom is -0.483 e. The molecule has 1 fully saturated rings. The van der Waals surface area contributed by atoms with E-state index in [9.17, 15) is 4.79 Å². The Labute approximate surface area is 133 Å². The molecule has 1 amide bonds. The molecule has 0 atom stereocenters. The van der Waals surface area contributed by atoms with Gasteiger partial charge in [-0.15, -0.1) is 0 Å². The highest BCUT2D eigenvalue weighted by molar-refractivity contribution is 5.77. The normalized spacial score (nSPS) is 15.6. The summed E-state index contributed by atoms with van der Waals surface area (Å²) in [7, 11) is 1.86. The molecule has 122 valence electrons. The maximum Gasteiger partial charge on any atom is 0.260 e. The molecule has 0 N–H and O–H groups in total. The van der Waals surface area contributed by atoms with E-state index in [-0.39, 0.29) is 12.5 Å². The molecule has 0 bridgehead atoms. The Hall–Kier alpha value is -1.55. The van der Waals surface area contributed by atoms with Crippen LogP contribution in [0.3, 0.4) is 0 Å². The highest BCUT2D eigenvalue weighted by atomic mass is 16.5. The first-order valence-electron chi connectivity index (χ1n) is 8.08. The van der Waals surface area contributed by atoms with Crippen molar-refractivity contribution in [3.8, 4) is 5.75 Å². The van der Waals surface area contributed by atoms with E-state index in [4.69, 9.17) is 9.47 Å². The molecule has 0 aliphatic carbocycles. The molecule has 0 aromatic heterocycles. The number of hydrogen-bond acceptors (Lipinski definition) is 3. The smallest absolute Gasteiger partial charge is 0.260 e. The zero-order valence-corrected chi connectivity index (χ0v) is 13.9. The van der Waals surface area contributed by atoms with Gasteiger partial charge in [-0.3, -0.25) is 4.79 Å². The Morgan fingerprint density at radius 2 is 2.05 bits per heavy atom. The summed E-state index contributed by atoms with van der Waals surface area (Å²) < 4.78 is 11.0. The quantitative estimate of drug-likeness (QED) is 0.811. The molecule has 0 spiro atoms. The molecule has 1 aromatic rings. The van der Waals surface area contributed by atoms with Gasteiger partial charge in [0.1, 0.15) is 5.75 Å². The molecule has 1 heterocycles. The highest BCUT2D eigenvalue weighted by Gasteiger charge is 2.16. The molecule has 1 saturated heterocycles. The van der Waals surface area contributed by atoms with Crippen molar-refractivity contribution in [1.29, 1.82) is 0 Å². The van der Waals surface area contributed by atoms with E-state index in [1.807, 2.05) is 39.1 Å². The lowest BCUT2D eigenvalue weighted by molar-refractivity contribution is -0.132. The van der Waals surface area contributed by atoms with Gasteiger partial charge in [0.25, 0.3) is 5.91 Å². The van der Waals surface area contributed by atoms with Crippen molar-refractivity contribution in [2.24, 2.45) is 5.92 Å². The van der Waals surface area contributed by atoms with E-state index in [1.165, 1.54) is 5.56 Å². The largest absolute Gasteiger partial charge is 0.483 e. The number of carbonyl (C=O) groups is 1. The van der Waals surface area contributed by atoms with Crippen LogP contribution in [0.15, 0.2) is 18.2 Å². The first kappa shape index (κ1) is 16.8. The molecular formula is C18H27NO3. The molecule has 1 aliphatic rings. The molecule has 4 heteroatoms. The predicted octanol–water partition coefficient (Wildman–Crippen LogP) is 2.96. The minimum atomic E-state index is 0.0352. The third-order valence-corrected chi connectivity index (χ3v) is 4.55.